The van der Waals surface area contributed by atoms with E-state index in [0.717, 1.165) is 35.2 Å². The maximum absolute atomic E-state index is 13.2. The van der Waals surface area contributed by atoms with Gasteiger partial charge in [0.2, 0.25) is 17.7 Å². The summed E-state index contributed by atoms with van der Waals surface area (Å²) in [5, 5.41) is 4.60. The van der Waals surface area contributed by atoms with Crippen LogP contribution in [0.25, 0.3) is 0 Å². The van der Waals surface area contributed by atoms with Crippen molar-refractivity contribution in [1.29, 1.82) is 0 Å². The third kappa shape index (κ3) is 5.36. The molecular formula is C20H16F5N3O3. The molecule has 6 nitrogen and oxygen atoms in total. The molecule has 0 aromatic heterocycles. The summed E-state index contributed by atoms with van der Waals surface area (Å²) in [7, 11) is 0. The van der Waals surface area contributed by atoms with Gasteiger partial charge in [0.15, 0.2) is 11.6 Å². The highest BCUT2D eigenvalue weighted by molar-refractivity contribution is 6.01. The third-order valence-corrected chi connectivity index (χ3v) is 4.61. The molecule has 1 atom stereocenters. The van der Waals surface area contributed by atoms with Crippen molar-refractivity contribution in [3.63, 3.8) is 0 Å². The molecule has 1 aliphatic heterocycles. The van der Waals surface area contributed by atoms with Crippen molar-refractivity contribution in [3.8, 4) is 0 Å². The van der Waals surface area contributed by atoms with Crippen LogP contribution < -0.4 is 15.5 Å². The Bertz CT molecular complexity index is 1030. The molecule has 0 spiro atoms. The SMILES string of the molecule is O=C(CNC(=O)C1CC(=O)N(c2cccc(C(F)(F)F)c2)C1)Nc1ccc(F)c(F)c1. The Hall–Kier alpha value is -3.50. The van der Waals surface area contributed by atoms with Crippen molar-refractivity contribution >= 4 is 29.1 Å². The molecular weight excluding hydrogens is 425 g/mol. The standard InChI is InChI=1S/C20H16F5N3O3/c21-15-5-4-13(8-16(15)22)27-17(29)9-26-19(31)11-6-18(30)28(10-11)14-3-1-2-12(7-14)20(23,24)25/h1-5,7-8,11H,6,9-10H2,(H,26,31)(H,27,29). The van der Waals surface area contributed by atoms with E-state index in [9.17, 15) is 36.3 Å². The van der Waals surface area contributed by atoms with Crippen LogP contribution in [0.2, 0.25) is 0 Å². The zero-order valence-corrected chi connectivity index (χ0v) is 15.8. The van der Waals surface area contributed by atoms with Crippen molar-refractivity contribution in [2.45, 2.75) is 12.6 Å². The monoisotopic (exact) mass is 441 g/mol. The number of nitrogens with one attached hydrogen (secondary N) is 2. The summed E-state index contributed by atoms with van der Waals surface area (Å²) in [6.07, 6.45) is -4.80. The molecule has 1 aliphatic rings. The topological polar surface area (TPSA) is 78.5 Å². The van der Waals surface area contributed by atoms with Crippen LogP contribution in [0.4, 0.5) is 33.3 Å². The number of anilines is 2. The molecule has 0 aliphatic carbocycles. The zero-order chi connectivity index (χ0) is 22.8. The molecule has 11 heteroatoms. The van der Waals surface area contributed by atoms with E-state index in [-0.39, 0.29) is 24.3 Å². The van der Waals surface area contributed by atoms with E-state index in [4.69, 9.17) is 0 Å². The second kappa shape index (κ2) is 8.70. The van der Waals surface area contributed by atoms with Crippen LogP contribution in [0.5, 0.6) is 0 Å². The molecule has 2 N–H and O–H groups in total. The normalized spacial score (nSPS) is 16.4. The second-order valence-corrected chi connectivity index (χ2v) is 6.85. The molecule has 1 heterocycles. The summed E-state index contributed by atoms with van der Waals surface area (Å²) in [6, 6.07) is 6.95. The number of nitrogens with zero attached hydrogens (tertiary/aromatic N) is 1. The van der Waals surface area contributed by atoms with Gasteiger partial charge in [0.1, 0.15) is 0 Å². The molecule has 3 amide bonds. The highest BCUT2D eigenvalue weighted by atomic mass is 19.4. The Labute approximate surface area is 173 Å². The minimum absolute atomic E-state index is 0.00934. The maximum atomic E-state index is 13.2. The maximum Gasteiger partial charge on any atom is 0.416 e. The average molecular weight is 441 g/mol. The van der Waals surface area contributed by atoms with E-state index >= 15 is 0 Å². The van der Waals surface area contributed by atoms with Gasteiger partial charge in [-0.1, -0.05) is 6.07 Å². The number of carbonyl (C=O) groups excluding carboxylic acids is 3. The quantitative estimate of drug-likeness (QED) is 0.701. The Morgan fingerprint density at radius 1 is 1.06 bits per heavy atom. The van der Waals surface area contributed by atoms with Gasteiger partial charge in [0.05, 0.1) is 18.0 Å². The van der Waals surface area contributed by atoms with Gasteiger partial charge in [0, 0.05) is 30.4 Å². The number of carbonyl (C=O) groups is 3. The Balaban J connectivity index is 1.56. The number of rotatable bonds is 5. The molecule has 2 aromatic rings. The molecule has 0 radical (unpaired) electrons. The molecule has 1 fully saturated rings. The van der Waals surface area contributed by atoms with E-state index < -0.39 is 53.6 Å². The number of hydrogen-bond acceptors (Lipinski definition) is 3. The van der Waals surface area contributed by atoms with Gasteiger partial charge < -0.3 is 15.5 Å². The molecule has 2 aromatic carbocycles. The van der Waals surface area contributed by atoms with Gasteiger partial charge in [0.25, 0.3) is 0 Å². The fraction of sp³-hybridized carbons (Fsp3) is 0.250. The third-order valence-electron chi connectivity index (χ3n) is 4.61. The van der Waals surface area contributed by atoms with Gasteiger partial charge >= 0.3 is 6.18 Å². The Morgan fingerprint density at radius 3 is 2.48 bits per heavy atom. The molecule has 3 rings (SSSR count). The lowest BCUT2D eigenvalue weighted by Gasteiger charge is -2.18. The van der Waals surface area contributed by atoms with Gasteiger partial charge in [-0.3, -0.25) is 14.4 Å². The second-order valence-electron chi connectivity index (χ2n) is 6.85. The molecule has 31 heavy (non-hydrogen) atoms. The van der Waals surface area contributed by atoms with Gasteiger partial charge in [-0.15, -0.1) is 0 Å². The molecule has 0 saturated carbocycles. The number of benzene rings is 2. The highest BCUT2D eigenvalue weighted by Crippen LogP contribution is 2.33. The minimum atomic E-state index is -4.57. The smallest absolute Gasteiger partial charge is 0.347 e. The van der Waals surface area contributed by atoms with Gasteiger partial charge in [-0.05, 0) is 30.3 Å². The Kier molecular flexibility index (Phi) is 6.23. The van der Waals surface area contributed by atoms with Crippen molar-refractivity contribution in [1.82, 2.24) is 5.32 Å². The number of hydrogen-bond donors (Lipinski definition) is 2. The van der Waals surface area contributed by atoms with Crippen LogP contribution in [0.3, 0.4) is 0 Å². The first kappa shape index (κ1) is 22.2. The van der Waals surface area contributed by atoms with Crippen molar-refractivity contribution < 1.29 is 36.3 Å². The Morgan fingerprint density at radius 2 is 1.81 bits per heavy atom. The van der Waals surface area contributed by atoms with Crippen molar-refractivity contribution in [2.24, 2.45) is 5.92 Å². The van der Waals surface area contributed by atoms with Crippen molar-refractivity contribution in [2.75, 3.05) is 23.3 Å². The van der Waals surface area contributed by atoms with Crippen LogP contribution in [0.15, 0.2) is 42.5 Å². The lowest BCUT2D eigenvalue weighted by atomic mass is 10.1. The van der Waals surface area contributed by atoms with E-state index in [2.05, 4.69) is 10.6 Å². The summed E-state index contributed by atoms with van der Waals surface area (Å²) in [6.45, 7) is -0.636. The predicted octanol–water partition coefficient (Wildman–Crippen LogP) is 3.09. The number of halogens is 5. The largest absolute Gasteiger partial charge is 0.416 e. The van der Waals surface area contributed by atoms with Crippen molar-refractivity contribution in [3.05, 3.63) is 59.7 Å². The van der Waals surface area contributed by atoms with Crippen LogP contribution in [-0.4, -0.2) is 30.8 Å². The summed E-state index contributed by atoms with van der Waals surface area (Å²) in [5.74, 6) is -4.96. The lowest BCUT2D eigenvalue weighted by molar-refractivity contribution is -0.137. The summed E-state index contributed by atoms with van der Waals surface area (Å²) < 4.78 is 64.7. The van der Waals surface area contributed by atoms with E-state index in [1.54, 1.807) is 0 Å². The zero-order valence-electron chi connectivity index (χ0n) is 15.8. The molecule has 0 bridgehead atoms. The first-order valence-corrected chi connectivity index (χ1v) is 9.05. The minimum Gasteiger partial charge on any atom is -0.347 e. The van der Waals surface area contributed by atoms with Crippen LogP contribution in [0.1, 0.15) is 12.0 Å². The average Bonchev–Trinajstić information content (AvgIpc) is 3.10. The van der Waals surface area contributed by atoms with Crippen LogP contribution in [0, 0.1) is 17.6 Å². The van der Waals surface area contributed by atoms with E-state index in [0.29, 0.717) is 0 Å². The molecule has 1 saturated heterocycles. The van der Waals surface area contributed by atoms with E-state index in [1.807, 2.05) is 0 Å². The predicted molar refractivity (Wildman–Crippen MR) is 99.9 cm³/mol. The highest BCUT2D eigenvalue weighted by Gasteiger charge is 2.37. The fourth-order valence-electron chi connectivity index (χ4n) is 3.07. The van der Waals surface area contributed by atoms with Crippen LogP contribution >= 0.6 is 0 Å². The summed E-state index contributed by atoms with van der Waals surface area (Å²) >= 11 is 0. The summed E-state index contributed by atoms with van der Waals surface area (Å²) in [5.41, 5.74) is -0.907. The van der Waals surface area contributed by atoms with E-state index in [1.165, 1.54) is 12.1 Å². The number of amides is 3. The number of alkyl halides is 3. The fourth-order valence-corrected chi connectivity index (χ4v) is 3.07. The first-order valence-electron chi connectivity index (χ1n) is 9.05. The summed E-state index contributed by atoms with van der Waals surface area (Å²) in [4.78, 5) is 37.5. The first-order chi connectivity index (χ1) is 14.5. The van der Waals surface area contributed by atoms with Gasteiger partial charge in [-0.25, -0.2) is 8.78 Å². The molecule has 1 unspecified atom stereocenters. The van der Waals surface area contributed by atoms with Gasteiger partial charge in [-0.2, -0.15) is 13.2 Å². The lowest BCUT2D eigenvalue weighted by Crippen LogP contribution is -2.38. The van der Waals surface area contributed by atoms with Crippen LogP contribution in [-0.2, 0) is 20.6 Å². The molecule has 164 valence electrons.